The van der Waals surface area contributed by atoms with Gasteiger partial charge in [0.25, 0.3) is 0 Å². The number of thioether (sulfide) groups is 1. The minimum absolute atomic E-state index is 0.360. The van der Waals surface area contributed by atoms with Crippen molar-refractivity contribution in [2.24, 2.45) is 0 Å². The SMILES string of the molecule is Cc1ccc(SCCNC(=O)[C@@H](C)N(c2ccc3c(c2)OCCO3)S(C)(=O)=O)cc1. The highest BCUT2D eigenvalue weighted by Gasteiger charge is 2.30. The van der Waals surface area contributed by atoms with E-state index in [-0.39, 0.29) is 5.91 Å². The Bertz CT molecular complexity index is 993. The lowest BCUT2D eigenvalue weighted by Gasteiger charge is -2.29. The molecule has 0 unspecified atom stereocenters. The number of ether oxygens (including phenoxy) is 2. The van der Waals surface area contributed by atoms with Crippen LogP contribution in [-0.2, 0) is 14.8 Å². The minimum atomic E-state index is -3.70. The van der Waals surface area contributed by atoms with Gasteiger partial charge in [-0.2, -0.15) is 0 Å². The molecule has 3 rings (SSSR count). The highest BCUT2D eigenvalue weighted by molar-refractivity contribution is 7.99. The maximum Gasteiger partial charge on any atom is 0.243 e. The summed E-state index contributed by atoms with van der Waals surface area (Å²) in [5.74, 6) is 1.35. The molecule has 2 aromatic rings. The van der Waals surface area contributed by atoms with Crippen LogP contribution in [0.4, 0.5) is 5.69 Å². The number of rotatable bonds is 8. The van der Waals surface area contributed by atoms with E-state index in [4.69, 9.17) is 9.47 Å². The summed E-state index contributed by atoms with van der Waals surface area (Å²) in [7, 11) is -3.70. The first-order chi connectivity index (χ1) is 14.3. The summed E-state index contributed by atoms with van der Waals surface area (Å²) in [6, 6.07) is 12.1. The largest absolute Gasteiger partial charge is 0.486 e. The molecule has 0 bridgehead atoms. The van der Waals surface area contributed by atoms with E-state index in [0.717, 1.165) is 15.5 Å². The predicted octanol–water partition coefficient (Wildman–Crippen LogP) is 2.83. The van der Waals surface area contributed by atoms with E-state index in [1.807, 2.05) is 31.2 Å². The third kappa shape index (κ3) is 5.60. The van der Waals surface area contributed by atoms with Gasteiger partial charge in [-0.05, 0) is 38.1 Å². The number of fused-ring (bicyclic) bond motifs is 1. The summed E-state index contributed by atoms with van der Waals surface area (Å²) in [6.07, 6.45) is 1.08. The molecule has 1 aliphatic heterocycles. The first kappa shape index (κ1) is 22.3. The van der Waals surface area contributed by atoms with Crippen LogP contribution in [0.3, 0.4) is 0 Å². The van der Waals surface area contributed by atoms with Crippen molar-refractivity contribution in [1.82, 2.24) is 5.32 Å². The standard InChI is InChI=1S/C21H26N2O5S2/c1-15-4-7-18(8-5-15)29-13-10-22-21(24)16(2)23(30(3,25)26)17-6-9-19-20(14-17)28-12-11-27-19/h4-9,14,16H,10-13H2,1-3H3,(H,22,24)/t16-/m1/s1. The van der Waals surface area contributed by atoms with Gasteiger partial charge in [0.2, 0.25) is 15.9 Å². The van der Waals surface area contributed by atoms with Crippen LogP contribution >= 0.6 is 11.8 Å². The summed E-state index contributed by atoms with van der Waals surface area (Å²) in [6.45, 7) is 4.87. The summed E-state index contributed by atoms with van der Waals surface area (Å²) in [4.78, 5) is 13.8. The maximum atomic E-state index is 12.7. The van der Waals surface area contributed by atoms with Gasteiger partial charge >= 0.3 is 0 Å². The van der Waals surface area contributed by atoms with Crippen LogP contribution in [0.1, 0.15) is 12.5 Å². The molecule has 1 aliphatic rings. The molecule has 30 heavy (non-hydrogen) atoms. The summed E-state index contributed by atoms with van der Waals surface area (Å²) >= 11 is 1.63. The lowest BCUT2D eigenvalue weighted by atomic mass is 10.2. The monoisotopic (exact) mass is 450 g/mol. The van der Waals surface area contributed by atoms with Crippen molar-refractivity contribution in [3.63, 3.8) is 0 Å². The zero-order valence-electron chi connectivity index (χ0n) is 17.3. The van der Waals surface area contributed by atoms with Crippen molar-refractivity contribution in [3.8, 4) is 11.5 Å². The van der Waals surface area contributed by atoms with Crippen LogP contribution in [0.2, 0.25) is 0 Å². The van der Waals surface area contributed by atoms with Gasteiger partial charge in [0.1, 0.15) is 19.3 Å². The number of hydrogen-bond donors (Lipinski definition) is 1. The predicted molar refractivity (Wildman–Crippen MR) is 119 cm³/mol. The molecule has 0 saturated carbocycles. The second kappa shape index (κ2) is 9.61. The fourth-order valence-corrected chi connectivity index (χ4v) is 5.04. The van der Waals surface area contributed by atoms with Gasteiger partial charge in [-0.3, -0.25) is 9.10 Å². The molecule has 162 valence electrons. The quantitative estimate of drug-likeness (QED) is 0.492. The van der Waals surface area contributed by atoms with Gasteiger partial charge < -0.3 is 14.8 Å². The van der Waals surface area contributed by atoms with Crippen molar-refractivity contribution < 1.29 is 22.7 Å². The number of nitrogens with one attached hydrogen (secondary N) is 1. The number of anilines is 1. The van der Waals surface area contributed by atoms with Crippen molar-refractivity contribution in [2.75, 3.05) is 36.1 Å². The smallest absolute Gasteiger partial charge is 0.243 e. The summed E-state index contributed by atoms with van der Waals surface area (Å²) < 4.78 is 37.1. The summed E-state index contributed by atoms with van der Waals surface area (Å²) in [5.41, 5.74) is 1.56. The number of carbonyl (C=O) groups is 1. The molecule has 0 aromatic heterocycles. The highest BCUT2D eigenvalue weighted by atomic mass is 32.2. The van der Waals surface area contributed by atoms with Crippen LogP contribution in [0.25, 0.3) is 0 Å². The average Bonchev–Trinajstić information content (AvgIpc) is 2.71. The number of carbonyl (C=O) groups excluding carboxylic acids is 1. The fourth-order valence-electron chi connectivity index (χ4n) is 3.10. The van der Waals surface area contributed by atoms with Crippen molar-refractivity contribution in [3.05, 3.63) is 48.0 Å². The molecule has 7 nitrogen and oxygen atoms in total. The number of aryl methyl sites for hydroxylation is 1. The lowest BCUT2D eigenvalue weighted by Crippen LogP contribution is -2.48. The van der Waals surface area contributed by atoms with Crippen LogP contribution in [0.5, 0.6) is 11.5 Å². The van der Waals surface area contributed by atoms with Gasteiger partial charge in [0.05, 0.1) is 11.9 Å². The highest BCUT2D eigenvalue weighted by Crippen LogP contribution is 2.35. The molecular formula is C21H26N2O5S2. The third-order valence-electron chi connectivity index (χ3n) is 4.56. The molecule has 0 fully saturated rings. The van der Waals surface area contributed by atoms with Gasteiger partial charge in [0.15, 0.2) is 11.5 Å². The van der Waals surface area contributed by atoms with E-state index in [1.165, 1.54) is 5.56 Å². The number of benzene rings is 2. The Morgan fingerprint density at radius 1 is 1.13 bits per heavy atom. The Labute approximate surface area is 181 Å². The van der Waals surface area contributed by atoms with Gasteiger partial charge in [0, 0.05) is 23.3 Å². The molecule has 0 spiro atoms. The Hall–Kier alpha value is -2.39. The van der Waals surface area contributed by atoms with Gasteiger partial charge in [-0.15, -0.1) is 11.8 Å². The zero-order valence-corrected chi connectivity index (χ0v) is 18.9. The molecule has 9 heteroatoms. The molecule has 1 amide bonds. The third-order valence-corrected chi connectivity index (χ3v) is 6.82. The zero-order chi connectivity index (χ0) is 21.7. The van der Waals surface area contributed by atoms with Crippen molar-refractivity contribution in [1.29, 1.82) is 0 Å². The van der Waals surface area contributed by atoms with Crippen LogP contribution < -0.4 is 19.1 Å². The molecule has 1 atom stereocenters. The average molecular weight is 451 g/mol. The molecular weight excluding hydrogens is 424 g/mol. The normalized spacial score (nSPS) is 14.1. The van der Waals surface area contributed by atoms with E-state index < -0.39 is 16.1 Å². The number of amides is 1. The topological polar surface area (TPSA) is 84.9 Å². The van der Waals surface area contributed by atoms with Crippen LogP contribution in [-0.4, -0.2) is 52.1 Å². The Kier molecular flexibility index (Phi) is 7.14. The first-order valence-corrected chi connectivity index (χ1v) is 12.5. The number of hydrogen-bond acceptors (Lipinski definition) is 6. The number of nitrogens with zero attached hydrogens (tertiary/aromatic N) is 1. The number of sulfonamides is 1. The Balaban J connectivity index is 1.64. The molecule has 2 aromatic carbocycles. The molecule has 0 aliphatic carbocycles. The van der Waals surface area contributed by atoms with Crippen LogP contribution in [0.15, 0.2) is 47.4 Å². The molecule has 1 heterocycles. The Morgan fingerprint density at radius 2 is 1.80 bits per heavy atom. The molecule has 1 N–H and O–H groups in total. The minimum Gasteiger partial charge on any atom is -0.486 e. The van der Waals surface area contributed by atoms with Gasteiger partial charge in [-0.25, -0.2) is 8.42 Å². The van der Waals surface area contributed by atoms with Crippen molar-refractivity contribution in [2.45, 2.75) is 24.8 Å². The van der Waals surface area contributed by atoms with Crippen molar-refractivity contribution >= 4 is 33.4 Å². The van der Waals surface area contributed by atoms with E-state index in [2.05, 4.69) is 5.32 Å². The first-order valence-electron chi connectivity index (χ1n) is 9.62. The van der Waals surface area contributed by atoms with E-state index in [9.17, 15) is 13.2 Å². The Morgan fingerprint density at radius 3 is 2.47 bits per heavy atom. The maximum absolute atomic E-state index is 12.7. The van der Waals surface area contributed by atoms with E-state index >= 15 is 0 Å². The van der Waals surface area contributed by atoms with Gasteiger partial charge in [-0.1, -0.05) is 17.7 Å². The fraction of sp³-hybridized carbons (Fsp3) is 0.381. The molecule has 0 radical (unpaired) electrons. The summed E-state index contributed by atoms with van der Waals surface area (Å²) in [5, 5.41) is 2.83. The second-order valence-electron chi connectivity index (χ2n) is 7.02. The van der Waals surface area contributed by atoms with Crippen LogP contribution in [0, 0.1) is 6.92 Å². The van der Waals surface area contributed by atoms with E-state index in [1.54, 1.807) is 36.9 Å². The second-order valence-corrected chi connectivity index (χ2v) is 10.0. The lowest BCUT2D eigenvalue weighted by molar-refractivity contribution is -0.121. The van der Waals surface area contributed by atoms with E-state index in [0.29, 0.717) is 42.7 Å². The molecule has 0 saturated heterocycles.